The van der Waals surface area contributed by atoms with Crippen LogP contribution in [0.3, 0.4) is 0 Å². The van der Waals surface area contributed by atoms with Crippen LogP contribution < -0.4 is 14.8 Å². The van der Waals surface area contributed by atoms with Gasteiger partial charge in [-0.3, -0.25) is 4.79 Å². The van der Waals surface area contributed by atoms with Crippen molar-refractivity contribution < 1.29 is 14.3 Å². The number of para-hydroxylation sites is 1. The van der Waals surface area contributed by atoms with Crippen LogP contribution in [0.25, 0.3) is 17.1 Å². The van der Waals surface area contributed by atoms with E-state index in [2.05, 4.69) is 15.4 Å². The summed E-state index contributed by atoms with van der Waals surface area (Å²) in [6.45, 7) is 5.85. The van der Waals surface area contributed by atoms with Crippen molar-refractivity contribution in [1.82, 2.24) is 14.8 Å². The fourth-order valence-electron chi connectivity index (χ4n) is 3.17. The summed E-state index contributed by atoms with van der Waals surface area (Å²) in [5.41, 5.74) is 3.56. The van der Waals surface area contributed by atoms with E-state index in [1.54, 1.807) is 4.68 Å². The fourth-order valence-corrected chi connectivity index (χ4v) is 3.17. The van der Waals surface area contributed by atoms with E-state index in [9.17, 15) is 4.79 Å². The van der Waals surface area contributed by atoms with Crippen LogP contribution in [0.5, 0.6) is 11.8 Å². The molecule has 0 atom stereocenters. The average molecular weight is 443 g/mol. The van der Waals surface area contributed by atoms with Crippen LogP contribution in [0.15, 0.2) is 78.9 Å². The van der Waals surface area contributed by atoms with Gasteiger partial charge in [-0.2, -0.15) is 4.98 Å². The Balaban J connectivity index is 1.51. The lowest BCUT2D eigenvalue weighted by Gasteiger charge is -2.09. The summed E-state index contributed by atoms with van der Waals surface area (Å²) < 4.78 is 13.0. The lowest BCUT2D eigenvalue weighted by molar-refractivity contribution is -0.118. The zero-order valence-corrected chi connectivity index (χ0v) is 18.9. The molecule has 7 nitrogen and oxygen atoms in total. The monoisotopic (exact) mass is 442 g/mol. The summed E-state index contributed by atoms with van der Waals surface area (Å²) in [5.74, 6) is 1.09. The molecular weight excluding hydrogens is 416 g/mol. The first-order chi connectivity index (χ1) is 16.0. The molecule has 0 saturated heterocycles. The number of hydrogen-bond acceptors (Lipinski definition) is 5. The molecule has 7 heteroatoms. The highest BCUT2D eigenvalue weighted by molar-refractivity contribution is 5.91. The van der Waals surface area contributed by atoms with Gasteiger partial charge in [0.05, 0.1) is 11.8 Å². The molecule has 1 aromatic heterocycles. The third-order valence-electron chi connectivity index (χ3n) is 4.75. The summed E-state index contributed by atoms with van der Waals surface area (Å²) in [7, 11) is 0. The number of aryl methyl sites for hydroxylation is 1. The van der Waals surface area contributed by atoms with E-state index < -0.39 is 0 Å². The van der Waals surface area contributed by atoms with E-state index in [0.29, 0.717) is 23.3 Å². The quantitative estimate of drug-likeness (QED) is 0.413. The molecule has 0 bridgehead atoms. The average Bonchev–Trinajstić information content (AvgIpc) is 3.22. The Hall–Kier alpha value is -4.13. The van der Waals surface area contributed by atoms with Gasteiger partial charge in [0.15, 0.2) is 12.4 Å². The standard InChI is InChI=1S/C26H26N4O3/c1-18(2)33-26-28-25(20-11-9-19(3)10-12-20)30(29-26)22-15-13-21(14-16-22)27-24(31)17-32-23-7-5-4-6-8-23/h4-16,18H,17H2,1-3H3,(H,27,31). The number of amides is 1. The molecule has 1 heterocycles. The van der Waals surface area contributed by atoms with Gasteiger partial charge < -0.3 is 14.8 Å². The van der Waals surface area contributed by atoms with Gasteiger partial charge in [0.1, 0.15) is 5.75 Å². The Kier molecular flexibility index (Phi) is 6.69. The topological polar surface area (TPSA) is 78.3 Å². The largest absolute Gasteiger partial charge is 0.484 e. The fraction of sp³-hybridized carbons (Fsp3) is 0.192. The van der Waals surface area contributed by atoms with Gasteiger partial charge in [0.25, 0.3) is 5.91 Å². The molecule has 0 unspecified atom stereocenters. The maximum Gasteiger partial charge on any atom is 0.336 e. The lowest BCUT2D eigenvalue weighted by atomic mass is 10.1. The van der Waals surface area contributed by atoms with E-state index in [-0.39, 0.29) is 18.6 Å². The Bertz CT molecular complexity index is 1200. The summed E-state index contributed by atoms with van der Waals surface area (Å²) >= 11 is 0. The summed E-state index contributed by atoms with van der Waals surface area (Å²) in [5, 5.41) is 7.39. The molecule has 0 aliphatic carbocycles. The van der Waals surface area contributed by atoms with Gasteiger partial charge >= 0.3 is 6.01 Å². The molecule has 168 valence electrons. The smallest absolute Gasteiger partial charge is 0.336 e. The number of carbonyl (C=O) groups is 1. The second-order valence-corrected chi connectivity index (χ2v) is 7.86. The molecule has 0 spiro atoms. The van der Waals surface area contributed by atoms with Crippen LogP contribution in [0.1, 0.15) is 19.4 Å². The molecule has 0 aliphatic rings. The highest BCUT2D eigenvalue weighted by atomic mass is 16.5. The molecule has 1 amide bonds. The number of aromatic nitrogens is 3. The second-order valence-electron chi connectivity index (χ2n) is 7.86. The highest BCUT2D eigenvalue weighted by Crippen LogP contribution is 2.25. The number of nitrogens with one attached hydrogen (secondary N) is 1. The van der Waals surface area contributed by atoms with Gasteiger partial charge in [-0.05, 0) is 57.2 Å². The molecule has 3 aromatic carbocycles. The molecule has 1 N–H and O–H groups in total. The third kappa shape index (κ3) is 5.77. The SMILES string of the molecule is Cc1ccc(-c2nc(OC(C)C)nn2-c2ccc(NC(=O)COc3ccccc3)cc2)cc1. The molecule has 0 saturated carbocycles. The van der Waals surface area contributed by atoms with Crippen molar-refractivity contribution in [3.05, 3.63) is 84.4 Å². The number of hydrogen-bond donors (Lipinski definition) is 1. The minimum absolute atomic E-state index is 0.0394. The first-order valence-corrected chi connectivity index (χ1v) is 10.8. The van der Waals surface area contributed by atoms with Crippen molar-refractivity contribution in [3.8, 4) is 28.8 Å². The molecule has 4 rings (SSSR count). The third-order valence-corrected chi connectivity index (χ3v) is 4.75. The summed E-state index contributed by atoms with van der Waals surface area (Å²) in [4.78, 5) is 16.8. The Morgan fingerprint density at radius 2 is 1.67 bits per heavy atom. The molecule has 4 aromatic rings. The van der Waals surface area contributed by atoms with E-state index in [1.807, 2.05) is 99.6 Å². The summed E-state index contributed by atoms with van der Waals surface area (Å²) in [6.07, 6.45) is -0.0394. The van der Waals surface area contributed by atoms with Gasteiger partial charge in [0, 0.05) is 11.3 Å². The second kappa shape index (κ2) is 9.99. The first kappa shape index (κ1) is 22.1. The molecule has 0 fully saturated rings. The molecular formula is C26H26N4O3. The van der Waals surface area contributed by atoms with Crippen LogP contribution in [0.4, 0.5) is 5.69 Å². The normalized spacial score (nSPS) is 10.8. The zero-order chi connectivity index (χ0) is 23.2. The van der Waals surface area contributed by atoms with Crippen LogP contribution in [-0.4, -0.2) is 33.4 Å². The Morgan fingerprint density at radius 3 is 2.33 bits per heavy atom. The zero-order valence-electron chi connectivity index (χ0n) is 18.9. The minimum Gasteiger partial charge on any atom is -0.484 e. The van der Waals surface area contributed by atoms with Gasteiger partial charge in [-0.1, -0.05) is 48.0 Å². The molecule has 33 heavy (non-hydrogen) atoms. The van der Waals surface area contributed by atoms with Crippen molar-refractivity contribution in [2.24, 2.45) is 0 Å². The highest BCUT2D eigenvalue weighted by Gasteiger charge is 2.16. The van der Waals surface area contributed by atoms with Crippen molar-refractivity contribution in [3.63, 3.8) is 0 Å². The number of rotatable bonds is 8. The predicted molar refractivity (Wildman–Crippen MR) is 128 cm³/mol. The minimum atomic E-state index is -0.236. The van der Waals surface area contributed by atoms with Crippen LogP contribution >= 0.6 is 0 Å². The summed E-state index contributed by atoms with van der Waals surface area (Å²) in [6, 6.07) is 25.0. The number of anilines is 1. The van der Waals surface area contributed by atoms with Crippen molar-refractivity contribution in [2.75, 3.05) is 11.9 Å². The lowest BCUT2D eigenvalue weighted by Crippen LogP contribution is -2.20. The van der Waals surface area contributed by atoms with Gasteiger partial charge in [-0.15, -0.1) is 5.10 Å². The van der Waals surface area contributed by atoms with Crippen molar-refractivity contribution in [1.29, 1.82) is 0 Å². The predicted octanol–water partition coefficient (Wildman–Crippen LogP) is 5.05. The van der Waals surface area contributed by atoms with Crippen LogP contribution in [-0.2, 0) is 4.79 Å². The number of ether oxygens (including phenoxy) is 2. The first-order valence-electron chi connectivity index (χ1n) is 10.8. The van der Waals surface area contributed by atoms with E-state index in [0.717, 1.165) is 11.3 Å². The number of benzene rings is 3. The molecule has 0 aliphatic heterocycles. The van der Waals surface area contributed by atoms with E-state index in [4.69, 9.17) is 9.47 Å². The van der Waals surface area contributed by atoms with Crippen molar-refractivity contribution >= 4 is 11.6 Å². The Morgan fingerprint density at radius 1 is 0.970 bits per heavy atom. The van der Waals surface area contributed by atoms with Gasteiger partial charge in [-0.25, -0.2) is 4.68 Å². The maximum absolute atomic E-state index is 12.2. The van der Waals surface area contributed by atoms with Crippen LogP contribution in [0, 0.1) is 6.92 Å². The van der Waals surface area contributed by atoms with E-state index >= 15 is 0 Å². The van der Waals surface area contributed by atoms with Gasteiger partial charge in [0.2, 0.25) is 0 Å². The molecule has 0 radical (unpaired) electrons. The van der Waals surface area contributed by atoms with Crippen molar-refractivity contribution in [2.45, 2.75) is 26.9 Å². The maximum atomic E-state index is 12.2. The number of carbonyl (C=O) groups excluding carboxylic acids is 1. The number of nitrogens with zero attached hydrogens (tertiary/aromatic N) is 3. The van der Waals surface area contributed by atoms with Crippen LogP contribution in [0.2, 0.25) is 0 Å². The van der Waals surface area contributed by atoms with E-state index in [1.165, 1.54) is 5.56 Å². The Labute approximate surface area is 193 Å².